The second-order valence-corrected chi connectivity index (χ2v) is 8.90. The topological polar surface area (TPSA) is 75.3 Å². The van der Waals surface area contributed by atoms with Crippen LogP contribution in [0.3, 0.4) is 0 Å². The third-order valence-corrected chi connectivity index (χ3v) is 5.30. The number of rotatable bonds is 5. The van der Waals surface area contributed by atoms with Gasteiger partial charge in [-0.2, -0.15) is 16.7 Å². The average Bonchev–Trinajstić information content (AvgIpc) is 3.11. The molecule has 0 saturated carbocycles. The largest absolute Gasteiger partial charge is 0.357 e. The molecule has 1 aliphatic rings. The predicted octanol–water partition coefficient (Wildman–Crippen LogP) is 2.71. The summed E-state index contributed by atoms with van der Waals surface area (Å²) >= 11 is 2.04. The number of nitrogens with one attached hydrogen (secondary N) is 2. The Morgan fingerprint density at radius 2 is 2.17 bits per heavy atom. The number of hydrogen-bond acceptors (Lipinski definition) is 5. The Kier molecular flexibility index (Phi) is 5.95. The first kappa shape index (κ1) is 18.1. The van der Waals surface area contributed by atoms with Crippen molar-refractivity contribution in [2.24, 2.45) is 4.99 Å². The van der Waals surface area contributed by atoms with Gasteiger partial charge in [-0.15, -0.1) is 0 Å². The van der Waals surface area contributed by atoms with Crippen LogP contribution in [0, 0.1) is 0 Å². The molecular weight excluding hydrogens is 310 g/mol. The fraction of sp³-hybridized carbons (Fsp3) is 0.812. The molecule has 1 saturated heterocycles. The molecule has 0 spiro atoms. The van der Waals surface area contributed by atoms with Crippen LogP contribution in [-0.2, 0) is 12.0 Å². The van der Waals surface area contributed by atoms with E-state index < -0.39 is 0 Å². The third-order valence-electron chi connectivity index (χ3n) is 3.76. The van der Waals surface area contributed by atoms with E-state index in [-0.39, 0.29) is 5.41 Å². The van der Waals surface area contributed by atoms with Crippen molar-refractivity contribution < 1.29 is 4.52 Å². The van der Waals surface area contributed by atoms with E-state index in [1.807, 2.05) is 11.8 Å². The first-order chi connectivity index (χ1) is 10.8. The summed E-state index contributed by atoms with van der Waals surface area (Å²) in [5.41, 5.74) is -0.133. The highest BCUT2D eigenvalue weighted by Crippen LogP contribution is 2.36. The molecule has 1 atom stereocenters. The minimum absolute atomic E-state index is 0.133. The standard InChI is InChI=1S/C16H29N5OS/c1-6-17-14(19-11-16(5)8-7-9-23-16)18-10-12-20-13(22-21-12)15(2,3)4/h6-11H2,1-5H3,(H2,17,18,19). The lowest BCUT2D eigenvalue weighted by atomic mass is 9.97. The van der Waals surface area contributed by atoms with Crippen LogP contribution in [0.4, 0.5) is 0 Å². The van der Waals surface area contributed by atoms with Gasteiger partial charge >= 0.3 is 0 Å². The summed E-state index contributed by atoms with van der Waals surface area (Å²) in [5.74, 6) is 3.33. The average molecular weight is 340 g/mol. The molecule has 0 bridgehead atoms. The molecular formula is C16H29N5OS. The Balaban J connectivity index is 1.94. The number of aliphatic imine (C=N–C) groups is 1. The number of aromatic nitrogens is 2. The van der Waals surface area contributed by atoms with Crippen LogP contribution in [-0.4, -0.2) is 39.7 Å². The highest BCUT2D eigenvalue weighted by molar-refractivity contribution is 8.00. The fourth-order valence-electron chi connectivity index (χ4n) is 2.36. The minimum Gasteiger partial charge on any atom is -0.357 e. The lowest BCUT2D eigenvalue weighted by Gasteiger charge is -2.24. The Hall–Kier alpha value is -1.24. The number of nitrogens with zero attached hydrogens (tertiary/aromatic N) is 3. The molecule has 0 aromatic carbocycles. The molecule has 1 aromatic rings. The molecule has 0 amide bonds. The van der Waals surface area contributed by atoms with Crippen molar-refractivity contribution in [2.45, 2.75) is 64.2 Å². The van der Waals surface area contributed by atoms with Gasteiger partial charge in [0.2, 0.25) is 5.89 Å². The fourth-order valence-corrected chi connectivity index (χ4v) is 3.61. The summed E-state index contributed by atoms with van der Waals surface area (Å²) in [7, 11) is 0. The van der Waals surface area contributed by atoms with Crippen LogP contribution in [0.25, 0.3) is 0 Å². The van der Waals surface area contributed by atoms with E-state index in [0.717, 1.165) is 19.0 Å². The zero-order chi connectivity index (χ0) is 16.9. The van der Waals surface area contributed by atoms with Gasteiger partial charge in [-0.05, 0) is 32.4 Å². The number of thioether (sulfide) groups is 1. The first-order valence-corrected chi connectivity index (χ1v) is 9.30. The van der Waals surface area contributed by atoms with Gasteiger partial charge in [0.05, 0.1) is 0 Å². The monoisotopic (exact) mass is 339 g/mol. The lowest BCUT2D eigenvalue weighted by Crippen LogP contribution is -2.43. The maximum Gasteiger partial charge on any atom is 0.232 e. The van der Waals surface area contributed by atoms with Gasteiger partial charge in [0.25, 0.3) is 0 Å². The SMILES string of the molecule is CCNC(=NCc1noc(C(C)(C)C)n1)NCC1(C)CCCS1. The van der Waals surface area contributed by atoms with Crippen molar-refractivity contribution in [1.29, 1.82) is 0 Å². The summed E-state index contributed by atoms with van der Waals surface area (Å²) < 4.78 is 5.61. The highest BCUT2D eigenvalue weighted by Gasteiger charge is 2.29. The molecule has 1 unspecified atom stereocenters. The molecule has 0 radical (unpaired) electrons. The van der Waals surface area contributed by atoms with Gasteiger partial charge in [-0.1, -0.05) is 25.9 Å². The van der Waals surface area contributed by atoms with E-state index in [0.29, 0.717) is 23.0 Å². The molecule has 2 rings (SSSR count). The zero-order valence-electron chi connectivity index (χ0n) is 14.9. The molecule has 0 aliphatic carbocycles. The molecule has 6 nitrogen and oxygen atoms in total. The van der Waals surface area contributed by atoms with Crippen molar-refractivity contribution in [3.05, 3.63) is 11.7 Å². The van der Waals surface area contributed by atoms with Crippen LogP contribution in [0.1, 0.15) is 59.2 Å². The van der Waals surface area contributed by atoms with Crippen molar-refractivity contribution in [3.63, 3.8) is 0 Å². The van der Waals surface area contributed by atoms with Gasteiger partial charge in [-0.25, -0.2) is 4.99 Å². The van der Waals surface area contributed by atoms with Gasteiger partial charge in [-0.3, -0.25) is 0 Å². The molecule has 7 heteroatoms. The minimum atomic E-state index is -0.133. The van der Waals surface area contributed by atoms with Crippen molar-refractivity contribution in [3.8, 4) is 0 Å². The third kappa shape index (κ3) is 5.41. The molecule has 2 heterocycles. The highest BCUT2D eigenvalue weighted by atomic mass is 32.2. The quantitative estimate of drug-likeness (QED) is 0.634. The van der Waals surface area contributed by atoms with Crippen LogP contribution in [0.2, 0.25) is 0 Å². The smallest absolute Gasteiger partial charge is 0.232 e. The molecule has 23 heavy (non-hydrogen) atoms. The van der Waals surface area contributed by atoms with Crippen molar-refractivity contribution >= 4 is 17.7 Å². The van der Waals surface area contributed by atoms with Crippen molar-refractivity contribution in [1.82, 2.24) is 20.8 Å². The van der Waals surface area contributed by atoms with Crippen LogP contribution in [0.5, 0.6) is 0 Å². The molecule has 1 fully saturated rings. The Morgan fingerprint density at radius 3 is 2.74 bits per heavy atom. The Bertz CT molecular complexity index is 529. The van der Waals surface area contributed by atoms with E-state index in [2.05, 4.69) is 60.4 Å². The summed E-state index contributed by atoms with van der Waals surface area (Å²) in [6.07, 6.45) is 2.55. The molecule has 2 N–H and O–H groups in total. The summed E-state index contributed by atoms with van der Waals surface area (Å²) in [6, 6.07) is 0. The maximum atomic E-state index is 5.30. The first-order valence-electron chi connectivity index (χ1n) is 8.32. The Labute approximate surface area is 143 Å². The number of guanidine groups is 1. The van der Waals surface area contributed by atoms with E-state index in [9.17, 15) is 0 Å². The van der Waals surface area contributed by atoms with Gasteiger partial charge in [0.15, 0.2) is 11.8 Å². The van der Waals surface area contributed by atoms with Crippen LogP contribution < -0.4 is 10.6 Å². The predicted molar refractivity (Wildman–Crippen MR) is 95.9 cm³/mol. The zero-order valence-corrected chi connectivity index (χ0v) is 15.7. The van der Waals surface area contributed by atoms with Crippen molar-refractivity contribution in [2.75, 3.05) is 18.8 Å². The van der Waals surface area contributed by atoms with E-state index in [1.165, 1.54) is 18.6 Å². The molecule has 1 aromatic heterocycles. The van der Waals surface area contributed by atoms with E-state index in [1.54, 1.807) is 0 Å². The van der Waals surface area contributed by atoms with Gasteiger partial charge in [0, 0.05) is 23.3 Å². The van der Waals surface area contributed by atoms with E-state index in [4.69, 9.17) is 4.52 Å². The molecule has 1 aliphatic heterocycles. The van der Waals surface area contributed by atoms with E-state index >= 15 is 0 Å². The summed E-state index contributed by atoms with van der Waals surface area (Å²) in [4.78, 5) is 8.99. The summed E-state index contributed by atoms with van der Waals surface area (Å²) in [6.45, 7) is 12.7. The summed E-state index contributed by atoms with van der Waals surface area (Å²) in [5, 5.41) is 10.7. The second kappa shape index (κ2) is 7.55. The molecule has 130 valence electrons. The van der Waals surface area contributed by atoms with Gasteiger partial charge < -0.3 is 15.2 Å². The Morgan fingerprint density at radius 1 is 1.39 bits per heavy atom. The number of hydrogen-bond donors (Lipinski definition) is 2. The van der Waals surface area contributed by atoms with Gasteiger partial charge in [0.1, 0.15) is 6.54 Å². The lowest BCUT2D eigenvalue weighted by molar-refractivity contribution is 0.318. The normalized spacial score (nSPS) is 22.4. The second-order valence-electron chi connectivity index (χ2n) is 7.22. The van der Waals surface area contributed by atoms with Crippen LogP contribution in [0.15, 0.2) is 9.52 Å². The van der Waals surface area contributed by atoms with Crippen LogP contribution >= 0.6 is 11.8 Å². The maximum absolute atomic E-state index is 5.30.